The van der Waals surface area contributed by atoms with Crippen LogP contribution in [-0.2, 0) is 24.1 Å². The van der Waals surface area contributed by atoms with Gasteiger partial charge in [0.2, 0.25) is 0 Å². The van der Waals surface area contributed by atoms with Crippen molar-refractivity contribution in [2.45, 2.75) is 70.8 Å². The molecule has 1 fully saturated rings. The van der Waals surface area contributed by atoms with Gasteiger partial charge < -0.3 is 5.11 Å². The van der Waals surface area contributed by atoms with Crippen LogP contribution in [0.4, 0.5) is 0 Å². The second-order valence-electron chi connectivity index (χ2n) is 7.97. The first kappa shape index (κ1) is 14.4. The Morgan fingerprint density at radius 3 is 2.77 bits per heavy atom. The van der Waals surface area contributed by atoms with Crippen molar-refractivity contribution in [3.05, 3.63) is 34.4 Å². The van der Waals surface area contributed by atoms with Gasteiger partial charge >= 0.3 is 0 Å². The SMILES string of the molecule is CC(=O)[C@H]1CC[C@H]2c3ccc4c(c3CC[C@]12C)CCC(O)C4. The molecule has 0 bridgehead atoms. The summed E-state index contributed by atoms with van der Waals surface area (Å²) in [4.78, 5) is 12.1. The molecule has 0 aliphatic heterocycles. The van der Waals surface area contributed by atoms with Crippen LogP contribution in [0.25, 0.3) is 0 Å². The van der Waals surface area contributed by atoms with Gasteiger partial charge in [0.25, 0.3) is 0 Å². The highest BCUT2D eigenvalue weighted by atomic mass is 16.3. The van der Waals surface area contributed by atoms with E-state index in [0.717, 1.165) is 44.9 Å². The fraction of sp³-hybridized carbons (Fsp3) is 0.650. The molecule has 0 radical (unpaired) electrons. The first-order valence-corrected chi connectivity index (χ1v) is 8.82. The summed E-state index contributed by atoms with van der Waals surface area (Å²) in [6.45, 7) is 4.13. The fourth-order valence-corrected chi connectivity index (χ4v) is 5.71. The minimum atomic E-state index is -0.159. The number of Topliss-reactive ketones (excluding diaryl/α,β-unsaturated/α-hetero) is 1. The second kappa shape index (κ2) is 4.92. The third kappa shape index (κ3) is 1.93. The second-order valence-corrected chi connectivity index (χ2v) is 7.97. The summed E-state index contributed by atoms with van der Waals surface area (Å²) in [6, 6.07) is 4.57. The predicted octanol–water partition coefficient (Wildman–Crippen LogP) is 3.57. The van der Waals surface area contributed by atoms with Crippen molar-refractivity contribution < 1.29 is 9.90 Å². The standard InChI is InChI=1S/C20H26O2/c1-12(21)18-7-8-19-17-5-3-13-11-14(22)4-6-15(13)16(17)9-10-20(18,19)2/h3,5,14,18-19,22H,4,6-11H2,1-2H3/t14?,18-,19+,20-/m1/s1. The molecule has 0 heterocycles. The van der Waals surface area contributed by atoms with Crippen molar-refractivity contribution in [1.29, 1.82) is 0 Å². The normalized spacial score (nSPS) is 36.4. The molecule has 1 N–H and O–H groups in total. The maximum absolute atomic E-state index is 12.1. The Kier molecular flexibility index (Phi) is 3.23. The lowest BCUT2D eigenvalue weighted by Crippen LogP contribution is -2.36. The Balaban J connectivity index is 1.77. The summed E-state index contributed by atoms with van der Waals surface area (Å²) in [7, 11) is 0. The summed E-state index contributed by atoms with van der Waals surface area (Å²) in [5.74, 6) is 1.19. The van der Waals surface area contributed by atoms with Gasteiger partial charge in [0.1, 0.15) is 5.78 Å². The molecule has 2 nitrogen and oxygen atoms in total. The van der Waals surface area contributed by atoms with Gasteiger partial charge in [0, 0.05) is 5.92 Å². The Morgan fingerprint density at radius 1 is 1.18 bits per heavy atom. The molecule has 0 aromatic heterocycles. The molecule has 1 saturated carbocycles. The summed E-state index contributed by atoms with van der Waals surface area (Å²) in [5, 5.41) is 9.91. The van der Waals surface area contributed by atoms with E-state index >= 15 is 0 Å². The Bertz CT molecular complexity index is 633. The first-order chi connectivity index (χ1) is 10.5. The molecule has 4 atom stereocenters. The third-order valence-corrected chi connectivity index (χ3v) is 6.86. The van der Waals surface area contributed by atoms with Gasteiger partial charge in [-0.3, -0.25) is 4.79 Å². The maximum Gasteiger partial charge on any atom is 0.133 e. The van der Waals surface area contributed by atoms with Gasteiger partial charge in [0.05, 0.1) is 6.10 Å². The summed E-state index contributed by atoms with van der Waals surface area (Å²) < 4.78 is 0. The molecule has 4 rings (SSSR count). The molecular weight excluding hydrogens is 272 g/mol. The fourth-order valence-electron chi connectivity index (χ4n) is 5.71. The number of rotatable bonds is 1. The molecule has 0 spiro atoms. The van der Waals surface area contributed by atoms with Crippen molar-refractivity contribution in [2.24, 2.45) is 11.3 Å². The van der Waals surface area contributed by atoms with E-state index in [1.165, 1.54) is 16.7 Å². The van der Waals surface area contributed by atoms with Crippen molar-refractivity contribution >= 4 is 5.78 Å². The molecule has 3 aliphatic rings. The van der Waals surface area contributed by atoms with Crippen molar-refractivity contribution in [2.75, 3.05) is 0 Å². The van der Waals surface area contributed by atoms with Crippen LogP contribution in [0.15, 0.2) is 12.1 Å². The Labute approximate surface area is 132 Å². The number of hydrogen-bond donors (Lipinski definition) is 1. The van der Waals surface area contributed by atoms with E-state index < -0.39 is 0 Å². The number of aliphatic hydroxyl groups excluding tert-OH is 1. The average molecular weight is 298 g/mol. The molecule has 2 heteroatoms. The highest BCUT2D eigenvalue weighted by Crippen LogP contribution is 2.59. The van der Waals surface area contributed by atoms with Gasteiger partial charge in [-0.05, 0) is 85.5 Å². The number of ketones is 1. The van der Waals surface area contributed by atoms with Crippen LogP contribution in [0, 0.1) is 11.3 Å². The van der Waals surface area contributed by atoms with Gasteiger partial charge in [-0.15, -0.1) is 0 Å². The summed E-state index contributed by atoms with van der Waals surface area (Å²) in [5.41, 5.74) is 6.14. The quantitative estimate of drug-likeness (QED) is 0.860. The molecule has 0 amide bonds. The van der Waals surface area contributed by atoms with E-state index in [9.17, 15) is 9.90 Å². The molecule has 118 valence electrons. The van der Waals surface area contributed by atoms with E-state index in [-0.39, 0.29) is 17.4 Å². The number of hydrogen-bond acceptors (Lipinski definition) is 2. The first-order valence-electron chi connectivity index (χ1n) is 8.82. The highest BCUT2D eigenvalue weighted by Gasteiger charge is 2.51. The van der Waals surface area contributed by atoms with Crippen molar-refractivity contribution in [1.82, 2.24) is 0 Å². The van der Waals surface area contributed by atoms with Crippen LogP contribution in [0.3, 0.4) is 0 Å². The number of fused-ring (bicyclic) bond motifs is 5. The molecule has 1 unspecified atom stereocenters. The molecule has 0 saturated heterocycles. The van der Waals surface area contributed by atoms with E-state index in [1.54, 1.807) is 12.5 Å². The number of carbonyl (C=O) groups is 1. The smallest absolute Gasteiger partial charge is 0.133 e. The number of benzene rings is 1. The van der Waals surface area contributed by atoms with Crippen LogP contribution in [0.5, 0.6) is 0 Å². The number of carbonyl (C=O) groups excluding carboxylic acids is 1. The minimum absolute atomic E-state index is 0.159. The van der Waals surface area contributed by atoms with Gasteiger partial charge in [-0.25, -0.2) is 0 Å². The predicted molar refractivity (Wildman–Crippen MR) is 87.0 cm³/mol. The van der Waals surface area contributed by atoms with Crippen molar-refractivity contribution in [3.8, 4) is 0 Å². The third-order valence-electron chi connectivity index (χ3n) is 6.86. The lowest BCUT2D eigenvalue weighted by atomic mass is 9.61. The molecule has 1 aromatic carbocycles. The van der Waals surface area contributed by atoms with Crippen LogP contribution >= 0.6 is 0 Å². The number of aliphatic hydroxyl groups is 1. The highest BCUT2D eigenvalue weighted by molar-refractivity contribution is 5.80. The van der Waals surface area contributed by atoms with Crippen LogP contribution < -0.4 is 0 Å². The zero-order valence-corrected chi connectivity index (χ0v) is 13.7. The van der Waals surface area contributed by atoms with E-state index in [2.05, 4.69) is 19.1 Å². The zero-order valence-electron chi connectivity index (χ0n) is 13.7. The topological polar surface area (TPSA) is 37.3 Å². The van der Waals surface area contributed by atoms with Crippen LogP contribution in [-0.4, -0.2) is 17.0 Å². The monoisotopic (exact) mass is 298 g/mol. The van der Waals surface area contributed by atoms with Crippen molar-refractivity contribution in [3.63, 3.8) is 0 Å². The van der Waals surface area contributed by atoms with Gasteiger partial charge in [-0.1, -0.05) is 19.1 Å². The Hall–Kier alpha value is -1.15. The lowest BCUT2D eigenvalue weighted by Gasteiger charge is -2.42. The molecule has 1 aromatic rings. The minimum Gasteiger partial charge on any atom is -0.393 e. The molecule has 3 aliphatic carbocycles. The van der Waals surface area contributed by atoms with E-state index in [4.69, 9.17) is 0 Å². The largest absolute Gasteiger partial charge is 0.393 e. The lowest BCUT2D eigenvalue weighted by molar-refractivity contribution is -0.124. The average Bonchev–Trinajstić information content (AvgIpc) is 2.84. The zero-order chi connectivity index (χ0) is 15.5. The summed E-state index contributed by atoms with van der Waals surface area (Å²) >= 11 is 0. The van der Waals surface area contributed by atoms with Crippen LogP contribution in [0.2, 0.25) is 0 Å². The van der Waals surface area contributed by atoms with E-state index in [0.29, 0.717) is 11.7 Å². The molecular formula is C20H26O2. The van der Waals surface area contributed by atoms with E-state index in [1.807, 2.05) is 0 Å². The summed E-state index contributed by atoms with van der Waals surface area (Å²) in [6.07, 6.45) is 7.08. The van der Waals surface area contributed by atoms with Gasteiger partial charge in [0.15, 0.2) is 0 Å². The van der Waals surface area contributed by atoms with Gasteiger partial charge in [-0.2, -0.15) is 0 Å². The Morgan fingerprint density at radius 2 is 2.00 bits per heavy atom. The van der Waals surface area contributed by atoms with Crippen LogP contribution in [0.1, 0.15) is 67.7 Å². The molecule has 22 heavy (non-hydrogen) atoms. The maximum atomic E-state index is 12.1.